The quantitative estimate of drug-likeness (QED) is 0.216. The topological polar surface area (TPSA) is 9.23 Å². The summed E-state index contributed by atoms with van der Waals surface area (Å²) in [6.45, 7) is 0. The van der Waals surface area contributed by atoms with Crippen molar-refractivity contribution in [3.63, 3.8) is 0 Å². The van der Waals surface area contributed by atoms with Gasteiger partial charge in [-0.25, -0.2) is 0 Å². The van der Waals surface area contributed by atoms with Crippen LogP contribution in [0.25, 0.3) is 0 Å². The first-order valence-electron chi connectivity index (χ1n) is 9.53. The minimum absolute atomic E-state index is 0.525. The van der Waals surface area contributed by atoms with Crippen LogP contribution in [-0.4, -0.2) is 7.11 Å². The van der Waals surface area contributed by atoms with Gasteiger partial charge in [0.05, 0.1) is 16.9 Å². The Balaban J connectivity index is 2.01. The molecule has 0 aliphatic carbocycles. The summed E-state index contributed by atoms with van der Waals surface area (Å²) in [5, 5.41) is 1.33. The summed E-state index contributed by atoms with van der Waals surface area (Å²) >= 11 is 14.6. The molecule has 4 aromatic rings. The van der Waals surface area contributed by atoms with E-state index in [1.165, 1.54) is 0 Å². The summed E-state index contributed by atoms with van der Waals surface area (Å²) in [6, 6.07) is 34.8. The summed E-state index contributed by atoms with van der Waals surface area (Å²) in [4.78, 5) is 0.924. The molecule has 0 atom stereocenters. The van der Waals surface area contributed by atoms with E-state index in [1.807, 2.05) is 42.5 Å². The van der Waals surface area contributed by atoms with Crippen LogP contribution in [0.3, 0.4) is 0 Å². The van der Waals surface area contributed by atoms with E-state index in [0.29, 0.717) is 10.0 Å². The SMILES string of the molecule is COc1ccc(C(Sc2cc(Cl)ccc2Cl)(c2ccccc2)c2ccccc2)cc1. The number of thioether (sulfide) groups is 1. The van der Waals surface area contributed by atoms with E-state index in [1.54, 1.807) is 18.9 Å². The lowest BCUT2D eigenvalue weighted by atomic mass is 9.84. The summed E-state index contributed by atoms with van der Waals surface area (Å²) in [6.07, 6.45) is 0. The molecule has 150 valence electrons. The highest BCUT2D eigenvalue weighted by atomic mass is 35.5. The Hall–Kier alpha value is -2.39. The van der Waals surface area contributed by atoms with Crippen LogP contribution in [0.15, 0.2) is 108 Å². The second-order valence-corrected chi connectivity index (χ2v) is 8.92. The van der Waals surface area contributed by atoms with Gasteiger partial charge in [0.15, 0.2) is 0 Å². The first-order valence-corrected chi connectivity index (χ1v) is 11.1. The lowest BCUT2D eigenvalue weighted by Crippen LogP contribution is -2.25. The molecule has 0 spiro atoms. The first-order chi connectivity index (χ1) is 14.6. The van der Waals surface area contributed by atoms with Gasteiger partial charge in [-0.05, 0) is 47.0 Å². The highest BCUT2D eigenvalue weighted by Crippen LogP contribution is 2.53. The molecule has 30 heavy (non-hydrogen) atoms. The normalized spacial score (nSPS) is 11.3. The van der Waals surface area contributed by atoms with Crippen molar-refractivity contribution < 1.29 is 4.74 Å². The van der Waals surface area contributed by atoms with E-state index in [-0.39, 0.29) is 0 Å². The second-order valence-electron chi connectivity index (χ2n) is 6.82. The zero-order valence-corrected chi connectivity index (χ0v) is 18.7. The molecule has 4 heteroatoms. The maximum absolute atomic E-state index is 6.61. The largest absolute Gasteiger partial charge is 0.497 e. The van der Waals surface area contributed by atoms with E-state index in [9.17, 15) is 0 Å². The van der Waals surface area contributed by atoms with Gasteiger partial charge < -0.3 is 4.74 Å². The molecule has 0 amide bonds. The highest BCUT2D eigenvalue weighted by molar-refractivity contribution is 8.00. The lowest BCUT2D eigenvalue weighted by Gasteiger charge is -2.35. The molecule has 0 heterocycles. The van der Waals surface area contributed by atoms with E-state index in [2.05, 4.69) is 60.7 Å². The first kappa shape index (κ1) is 20.9. The molecule has 0 aliphatic heterocycles. The average molecular weight is 451 g/mol. The van der Waals surface area contributed by atoms with Gasteiger partial charge in [0.25, 0.3) is 0 Å². The van der Waals surface area contributed by atoms with E-state index in [0.717, 1.165) is 27.3 Å². The number of rotatable bonds is 6. The van der Waals surface area contributed by atoms with Crippen LogP contribution in [0.1, 0.15) is 16.7 Å². The number of benzene rings is 4. The predicted molar refractivity (Wildman–Crippen MR) is 128 cm³/mol. The van der Waals surface area contributed by atoms with Gasteiger partial charge in [-0.3, -0.25) is 0 Å². The zero-order valence-electron chi connectivity index (χ0n) is 16.4. The number of halogens is 2. The zero-order chi connectivity index (χ0) is 21.0. The van der Waals surface area contributed by atoms with Crippen LogP contribution >= 0.6 is 35.0 Å². The van der Waals surface area contributed by atoms with Crippen molar-refractivity contribution in [2.75, 3.05) is 7.11 Å². The summed E-state index contributed by atoms with van der Waals surface area (Å²) in [5.41, 5.74) is 3.44. The minimum Gasteiger partial charge on any atom is -0.497 e. The number of hydrogen-bond donors (Lipinski definition) is 0. The van der Waals surface area contributed by atoms with Crippen LogP contribution in [0.2, 0.25) is 10.0 Å². The summed E-state index contributed by atoms with van der Waals surface area (Å²) in [7, 11) is 1.68. The van der Waals surface area contributed by atoms with Gasteiger partial charge in [0.1, 0.15) is 5.75 Å². The van der Waals surface area contributed by atoms with Crippen molar-refractivity contribution in [2.45, 2.75) is 9.64 Å². The fraction of sp³-hybridized carbons (Fsp3) is 0.0769. The van der Waals surface area contributed by atoms with Crippen molar-refractivity contribution in [1.82, 2.24) is 0 Å². The standard InChI is InChI=1S/C26H20Cl2OS/c1-29-23-15-12-21(13-16-23)26(19-8-4-2-5-9-19,20-10-6-3-7-11-20)30-25-18-22(27)14-17-24(25)28/h2-18H,1H3. The third-order valence-corrected chi connectivity index (χ3v) is 7.26. The van der Waals surface area contributed by atoms with Crippen LogP contribution in [0.5, 0.6) is 5.75 Å². The molecular formula is C26H20Cl2OS. The Labute approximate surface area is 191 Å². The van der Waals surface area contributed by atoms with E-state index < -0.39 is 4.75 Å². The third kappa shape index (κ3) is 4.09. The Bertz CT molecular complexity index is 1070. The molecule has 0 aromatic heterocycles. The van der Waals surface area contributed by atoms with E-state index in [4.69, 9.17) is 27.9 Å². The Morgan fingerprint density at radius 2 is 1.20 bits per heavy atom. The molecule has 0 bridgehead atoms. The van der Waals surface area contributed by atoms with Crippen molar-refractivity contribution in [3.05, 3.63) is 130 Å². The van der Waals surface area contributed by atoms with Crippen LogP contribution in [0, 0.1) is 0 Å². The monoisotopic (exact) mass is 450 g/mol. The maximum Gasteiger partial charge on any atom is 0.118 e. The molecular weight excluding hydrogens is 431 g/mol. The Kier molecular flexibility index (Phi) is 6.38. The average Bonchev–Trinajstić information content (AvgIpc) is 2.81. The van der Waals surface area contributed by atoms with Gasteiger partial charge in [-0.1, -0.05) is 96.0 Å². The van der Waals surface area contributed by atoms with Gasteiger partial charge >= 0.3 is 0 Å². The van der Waals surface area contributed by atoms with Gasteiger partial charge in [0, 0.05) is 9.92 Å². The molecule has 0 saturated carbocycles. The molecule has 4 aromatic carbocycles. The fourth-order valence-corrected chi connectivity index (χ4v) is 5.48. The van der Waals surface area contributed by atoms with Crippen molar-refractivity contribution in [2.24, 2.45) is 0 Å². The molecule has 0 aliphatic rings. The second kappa shape index (κ2) is 9.18. The Morgan fingerprint density at radius 3 is 1.73 bits per heavy atom. The molecule has 0 saturated heterocycles. The number of hydrogen-bond acceptors (Lipinski definition) is 2. The van der Waals surface area contributed by atoms with Crippen molar-refractivity contribution >= 4 is 35.0 Å². The van der Waals surface area contributed by atoms with Crippen molar-refractivity contribution in [3.8, 4) is 5.75 Å². The van der Waals surface area contributed by atoms with Crippen LogP contribution < -0.4 is 4.74 Å². The summed E-state index contributed by atoms with van der Waals surface area (Å²) in [5.74, 6) is 0.819. The molecule has 1 nitrogen and oxygen atoms in total. The summed E-state index contributed by atoms with van der Waals surface area (Å²) < 4.78 is 4.88. The lowest BCUT2D eigenvalue weighted by molar-refractivity contribution is 0.414. The van der Waals surface area contributed by atoms with Crippen LogP contribution in [0.4, 0.5) is 0 Å². The highest BCUT2D eigenvalue weighted by Gasteiger charge is 2.38. The molecule has 0 unspecified atom stereocenters. The fourth-order valence-electron chi connectivity index (χ4n) is 3.57. The molecule has 0 fully saturated rings. The maximum atomic E-state index is 6.61. The molecule has 4 rings (SSSR count). The smallest absolute Gasteiger partial charge is 0.118 e. The molecule has 0 N–H and O–H groups in total. The Morgan fingerprint density at radius 1 is 0.667 bits per heavy atom. The van der Waals surface area contributed by atoms with Crippen molar-refractivity contribution in [1.29, 1.82) is 0 Å². The van der Waals surface area contributed by atoms with Gasteiger partial charge in [-0.2, -0.15) is 0 Å². The van der Waals surface area contributed by atoms with Gasteiger partial charge in [-0.15, -0.1) is 11.8 Å². The number of ether oxygens (including phenoxy) is 1. The predicted octanol–water partition coefficient (Wildman–Crippen LogP) is 8.09. The number of methoxy groups -OCH3 is 1. The molecule has 0 radical (unpaired) electrons. The third-order valence-electron chi connectivity index (χ3n) is 5.01. The van der Waals surface area contributed by atoms with Crippen LogP contribution in [-0.2, 0) is 4.75 Å². The van der Waals surface area contributed by atoms with E-state index >= 15 is 0 Å². The minimum atomic E-state index is -0.525. The van der Waals surface area contributed by atoms with Gasteiger partial charge in [0.2, 0.25) is 0 Å².